The Morgan fingerprint density at radius 3 is 2.75 bits per heavy atom. The van der Waals surface area contributed by atoms with Gasteiger partial charge in [-0.15, -0.1) is 0 Å². The Morgan fingerprint density at radius 1 is 1.58 bits per heavy atom. The molecule has 0 aliphatic rings. The quantitative estimate of drug-likeness (QED) is 0.590. The highest BCUT2D eigenvalue weighted by atomic mass is 16.5. The Kier molecular flexibility index (Phi) is 6.70. The highest BCUT2D eigenvalue weighted by molar-refractivity contribution is 5.77. The second-order valence-electron chi connectivity index (χ2n) is 2.64. The van der Waals surface area contributed by atoms with Crippen molar-refractivity contribution in [2.24, 2.45) is 5.73 Å². The number of amides is 1. The van der Waals surface area contributed by atoms with E-state index >= 15 is 0 Å². The minimum Gasteiger partial charge on any atom is -0.370 e. The summed E-state index contributed by atoms with van der Waals surface area (Å²) in [6.07, 6.45) is 0.870. The molecule has 0 fully saturated rings. The third kappa shape index (κ3) is 6.12. The van der Waals surface area contributed by atoms with E-state index in [0.717, 1.165) is 6.42 Å². The van der Waals surface area contributed by atoms with Crippen LogP contribution in [0, 0.1) is 0 Å². The Labute approximate surface area is 73.5 Å². The fraction of sp³-hybridized carbons (Fsp3) is 0.875. The minimum absolute atomic E-state index is 0.0411. The van der Waals surface area contributed by atoms with Gasteiger partial charge in [0.2, 0.25) is 5.91 Å². The SMILES string of the molecule is CCNC(=O)COCC(N)CC. The van der Waals surface area contributed by atoms with Gasteiger partial charge in [0, 0.05) is 12.6 Å². The number of nitrogens with one attached hydrogen (secondary N) is 1. The monoisotopic (exact) mass is 174 g/mol. The van der Waals surface area contributed by atoms with Gasteiger partial charge in [0.25, 0.3) is 0 Å². The molecular weight excluding hydrogens is 156 g/mol. The van der Waals surface area contributed by atoms with Crippen LogP contribution in [0.5, 0.6) is 0 Å². The van der Waals surface area contributed by atoms with Crippen LogP contribution in [0.25, 0.3) is 0 Å². The Hall–Kier alpha value is -0.610. The van der Waals surface area contributed by atoms with E-state index in [1.165, 1.54) is 0 Å². The van der Waals surface area contributed by atoms with Gasteiger partial charge in [-0.05, 0) is 13.3 Å². The van der Waals surface area contributed by atoms with E-state index in [9.17, 15) is 4.79 Å². The van der Waals surface area contributed by atoms with Crippen molar-refractivity contribution in [2.45, 2.75) is 26.3 Å². The summed E-state index contributed by atoms with van der Waals surface area (Å²) in [5, 5.41) is 2.63. The van der Waals surface area contributed by atoms with Crippen LogP contribution in [0.3, 0.4) is 0 Å². The Morgan fingerprint density at radius 2 is 2.25 bits per heavy atom. The highest BCUT2D eigenvalue weighted by Crippen LogP contribution is 1.86. The van der Waals surface area contributed by atoms with Crippen LogP contribution in [0.1, 0.15) is 20.3 Å². The molecule has 3 N–H and O–H groups in total. The molecule has 1 amide bonds. The second-order valence-corrected chi connectivity index (χ2v) is 2.64. The molecule has 4 heteroatoms. The van der Waals surface area contributed by atoms with Crippen LogP contribution in [-0.2, 0) is 9.53 Å². The Balaban J connectivity index is 3.24. The lowest BCUT2D eigenvalue weighted by Gasteiger charge is -2.08. The van der Waals surface area contributed by atoms with Gasteiger partial charge in [-0.3, -0.25) is 4.79 Å². The first-order valence-corrected chi connectivity index (χ1v) is 4.30. The van der Waals surface area contributed by atoms with E-state index in [1.807, 2.05) is 13.8 Å². The largest absolute Gasteiger partial charge is 0.370 e. The molecule has 12 heavy (non-hydrogen) atoms. The van der Waals surface area contributed by atoms with Crippen LogP contribution >= 0.6 is 0 Å². The molecule has 0 saturated carbocycles. The third-order valence-corrected chi connectivity index (χ3v) is 1.46. The van der Waals surface area contributed by atoms with Gasteiger partial charge in [-0.2, -0.15) is 0 Å². The number of carbonyl (C=O) groups is 1. The van der Waals surface area contributed by atoms with Crippen molar-refractivity contribution in [1.29, 1.82) is 0 Å². The van der Waals surface area contributed by atoms with Gasteiger partial charge in [-0.1, -0.05) is 6.92 Å². The number of hydrogen-bond acceptors (Lipinski definition) is 3. The van der Waals surface area contributed by atoms with Crippen molar-refractivity contribution in [3.8, 4) is 0 Å². The number of likely N-dealkylation sites (N-methyl/N-ethyl adjacent to an activating group) is 1. The summed E-state index contributed by atoms with van der Waals surface area (Å²) in [6.45, 7) is 5.06. The van der Waals surface area contributed by atoms with Crippen molar-refractivity contribution in [1.82, 2.24) is 5.32 Å². The summed E-state index contributed by atoms with van der Waals surface area (Å²) < 4.78 is 5.06. The lowest BCUT2D eigenvalue weighted by Crippen LogP contribution is -2.31. The average molecular weight is 174 g/mol. The summed E-state index contributed by atoms with van der Waals surface area (Å²) in [5.41, 5.74) is 5.58. The zero-order chi connectivity index (χ0) is 9.40. The lowest BCUT2D eigenvalue weighted by atomic mass is 10.3. The fourth-order valence-electron chi connectivity index (χ4n) is 0.669. The summed E-state index contributed by atoms with van der Waals surface area (Å²) in [6, 6.07) is 0.0411. The lowest BCUT2D eigenvalue weighted by molar-refractivity contribution is -0.125. The van der Waals surface area contributed by atoms with Crippen molar-refractivity contribution in [2.75, 3.05) is 19.8 Å². The van der Waals surface area contributed by atoms with Crippen molar-refractivity contribution < 1.29 is 9.53 Å². The molecule has 0 aromatic heterocycles. The molecule has 4 nitrogen and oxygen atoms in total. The summed E-state index contributed by atoms with van der Waals surface area (Å²) in [5.74, 6) is -0.0826. The van der Waals surface area contributed by atoms with Crippen LogP contribution in [0.15, 0.2) is 0 Å². The third-order valence-electron chi connectivity index (χ3n) is 1.46. The van der Waals surface area contributed by atoms with Crippen molar-refractivity contribution >= 4 is 5.91 Å². The van der Waals surface area contributed by atoms with Gasteiger partial charge in [0.15, 0.2) is 0 Å². The molecule has 0 aromatic carbocycles. The van der Waals surface area contributed by atoms with Crippen LogP contribution in [0.4, 0.5) is 0 Å². The predicted octanol–water partition coefficient (Wildman–Crippen LogP) is -0.124. The van der Waals surface area contributed by atoms with Gasteiger partial charge < -0.3 is 15.8 Å². The Bertz CT molecular complexity index is 128. The molecular formula is C8H18N2O2. The topological polar surface area (TPSA) is 64.3 Å². The smallest absolute Gasteiger partial charge is 0.245 e. The molecule has 0 aromatic rings. The summed E-state index contributed by atoms with van der Waals surface area (Å²) in [4.78, 5) is 10.8. The van der Waals surface area contributed by atoms with Crippen LogP contribution in [-0.4, -0.2) is 31.7 Å². The number of ether oxygens (including phenoxy) is 1. The first kappa shape index (κ1) is 11.4. The molecule has 0 spiro atoms. The standard InChI is InChI=1S/C8H18N2O2/c1-3-7(9)5-12-6-8(11)10-4-2/h7H,3-6,9H2,1-2H3,(H,10,11). The second kappa shape index (κ2) is 7.06. The van der Waals surface area contributed by atoms with E-state index in [-0.39, 0.29) is 18.6 Å². The molecule has 1 unspecified atom stereocenters. The van der Waals surface area contributed by atoms with Crippen molar-refractivity contribution in [3.63, 3.8) is 0 Å². The van der Waals surface area contributed by atoms with Gasteiger partial charge in [-0.25, -0.2) is 0 Å². The van der Waals surface area contributed by atoms with Gasteiger partial charge in [0.05, 0.1) is 6.61 Å². The first-order chi connectivity index (χ1) is 5.70. The number of nitrogens with two attached hydrogens (primary N) is 1. The maximum Gasteiger partial charge on any atom is 0.245 e. The van der Waals surface area contributed by atoms with E-state index in [2.05, 4.69) is 5.32 Å². The zero-order valence-electron chi connectivity index (χ0n) is 7.80. The molecule has 72 valence electrons. The van der Waals surface area contributed by atoms with Crippen molar-refractivity contribution in [3.05, 3.63) is 0 Å². The number of carbonyl (C=O) groups excluding carboxylic acids is 1. The van der Waals surface area contributed by atoms with Crippen LogP contribution in [0.2, 0.25) is 0 Å². The van der Waals surface area contributed by atoms with E-state index in [4.69, 9.17) is 10.5 Å². The highest BCUT2D eigenvalue weighted by Gasteiger charge is 2.01. The minimum atomic E-state index is -0.0826. The number of rotatable bonds is 6. The van der Waals surface area contributed by atoms with E-state index in [1.54, 1.807) is 0 Å². The molecule has 0 saturated heterocycles. The van der Waals surface area contributed by atoms with Crippen LogP contribution < -0.4 is 11.1 Å². The number of hydrogen-bond donors (Lipinski definition) is 2. The summed E-state index contributed by atoms with van der Waals surface area (Å²) >= 11 is 0. The molecule has 0 aliphatic heterocycles. The van der Waals surface area contributed by atoms with E-state index < -0.39 is 0 Å². The molecule has 1 atom stereocenters. The maximum absolute atomic E-state index is 10.8. The molecule has 0 bridgehead atoms. The first-order valence-electron chi connectivity index (χ1n) is 4.30. The predicted molar refractivity (Wildman–Crippen MR) is 47.8 cm³/mol. The zero-order valence-corrected chi connectivity index (χ0v) is 7.80. The molecule has 0 heterocycles. The summed E-state index contributed by atoms with van der Waals surface area (Å²) in [7, 11) is 0. The van der Waals surface area contributed by atoms with Gasteiger partial charge in [0.1, 0.15) is 6.61 Å². The maximum atomic E-state index is 10.8. The molecule has 0 radical (unpaired) electrons. The van der Waals surface area contributed by atoms with E-state index in [0.29, 0.717) is 13.2 Å². The normalized spacial score (nSPS) is 12.6. The fourth-order valence-corrected chi connectivity index (χ4v) is 0.669. The molecule has 0 aliphatic carbocycles. The average Bonchev–Trinajstić information content (AvgIpc) is 2.04. The molecule has 0 rings (SSSR count). The van der Waals surface area contributed by atoms with Gasteiger partial charge >= 0.3 is 0 Å².